The smallest absolute Gasteiger partial charge is 0.340 e. The molecule has 23 heavy (non-hydrogen) atoms. The van der Waals surface area contributed by atoms with Crippen molar-refractivity contribution in [2.45, 2.75) is 12.7 Å². The summed E-state index contributed by atoms with van der Waals surface area (Å²) in [7, 11) is 2.84. The van der Waals surface area contributed by atoms with Gasteiger partial charge in [-0.1, -0.05) is 0 Å². The maximum absolute atomic E-state index is 12.0. The summed E-state index contributed by atoms with van der Waals surface area (Å²) < 4.78 is 21.2. The highest BCUT2D eigenvalue weighted by atomic mass is 32.1. The average molecular weight is 336 g/mol. The largest absolute Gasteiger partial charge is 0.481 e. The van der Waals surface area contributed by atoms with Crippen molar-refractivity contribution in [3.05, 3.63) is 28.1 Å². The second kappa shape index (κ2) is 6.23. The van der Waals surface area contributed by atoms with Crippen LogP contribution in [0, 0.1) is 0 Å². The SMILES string of the molecule is COC(=O)c1ccc(OC)nc1-c1csc(C2(C)OCCO2)n1. The van der Waals surface area contributed by atoms with Gasteiger partial charge in [0.15, 0.2) is 5.01 Å². The van der Waals surface area contributed by atoms with Crippen molar-refractivity contribution in [3.8, 4) is 17.3 Å². The minimum absolute atomic E-state index is 0.323. The zero-order valence-corrected chi connectivity index (χ0v) is 13.8. The van der Waals surface area contributed by atoms with E-state index in [2.05, 4.69) is 9.97 Å². The van der Waals surface area contributed by atoms with E-state index in [0.29, 0.717) is 41.1 Å². The predicted octanol–water partition coefficient (Wildman–Crippen LogP) is 2.22. The monoisotopic (exact) mass is 336 g/mol. The number of ether oxygens (including phenoxy) is 4. The molecule has 3 rings (SSSR count). The van der Waals surface area contributed by atoms with Gasteiger partial charge in [-0.2, -0.15) is 0 Å². The second-order valence-electron chi connectivity index (χ2n) is 4.92. The zero-order chi connectivity index (χ0) is 16.4. The Morgan fingerprint density at radius 3 is 2.65 bits per heavy atom. The fraction of sp³-hybridized carbons (Fsp3) is 0.400. The molecule has 1 saturated heterocycles. The molecule has 0 spiro atoms. The van der Waals surface area contributed by atoms with Crippen LogP contribution in [0.1, 0.15) is 22.3 Å². The Hall–Kier alpha value is -2.03. The lowest BCUT2D eigenvalue weighted by Gasteiger charge is -2.18. The highest BCUT2D eigenvalue weighted by Gasteiger charge is 2.36. The van der Waals surface area contributed by atoms with Crippen LogP contribution in [0.3, 0.4) is 0 Å². The standard InChI is InChI=1S/C15H16N2O5S/c1-15(21-6-7-22-15)14-16-10(8-23-14)12-9(13(18)20-3)4-5-11(17-12)19-2/h4-5,8H,6-7H2,1-3H3. The highest BCUT2D eigenvalue weighted by Crippen LogP contribution is 2.35. The summed E-state index contributed by atoms with van der Waals surface area (Å²) in [4.78, 5) is 20.8. The Kier molecular flexibility index (Phi) is 4.29. The summed E-state index contributed by atoms with van der Waals surface area (Å²) in [6, 6.07) is 3.21. The zero-order valence-electron chi connectivity index (χ0n) is 13.0. The van der Waals surface area contributed by atoms with Gasteiger partial charge in [-0.3, -0.25) is 0 Å². The molecule has 0 N–H and O–H groups in total. The Morgan fingerprint density at radius 1 is 1.26 bits per heavy atom. The minimum Gasteiger partial charge on any atom is -0.481 e. The summed E-state index contributed by atoms with van der Waals surface area (Å²) in [6.45, 7) is 2.87. The van der Waals surface area contributed by atoms with Crippen LogP contribution in [0.4, 0.5) is 0 Å². The van der Waals surface area contributed by atoms with Crippen LogP contribution in [-0.2, 0) is 20.0 Å². The molecule has 0 aromatic carbocycles. The topological polar surface area (TPSA) is 79.8 Å². The molecule has 8 heteroatoms. The Morgan fingerprint density at radius 2 is 2.00 bits per heavy atom. The van der Waals surface area contributed by atoms with Crippen molar-refractivity contribution in [2.75, 3.05) is 27.4 Å². The summed E-state index contributed by atoms with van der Waals surface area (Å²) in [6.07, 6.45) is 0. The summed E-state index contributed by atoms with van der Waals surface area (Å²) in [5, 5.41) is 2.48. The first kappa shape index (κ1) is 15.9. The molecular weight excluding hydrogens is 320 g/mol. The number of aromatic nitrogens is 2. The van der Waals surface area contributed by atoms with E-state index in [0.717, 1.165) is 0 Å². The molecule has 0 unspecified atom stereocenters. The molecule has 0 aliphatic carbocycles. The van der Waals surface area contributed by atoms with E-state index in [-0.39, 0.29) is 0 Å². The van der Waals surface area contributed by atoms with Crippen LogP contribution in [-0.4, -0.2) is 43.4 Å². The normalized spacial score (nSPS) is 16.3. The van der Waals surface area contributed by atoms with E-state index in [1.165, 1.54) is 25.6 Å². The summed E-state index contributed by atoms with van der Waals surface area (Å²) in [5.74, 6) is -0.946. The third-order valence-corrected chi connectivity index (χ3v) is 4.48. The summed E-state index contributed by atoms with van der Waals surface area (Å²) in [5.41, 5.74) is 1.27. The van der Waals surface area contributed by atoms with Crippen LogP contribution in [0.25, 0.3) is 11.4 Å². The number of rotatable bonds is 4. The minimum atomic E-state index is -0.854. The fourth-order valence-electron chi connectivity index (χ4n) is 2.25. The van der Waals surface area contributed by atoms with E-state index >= 15 is 0 Å². The Balaban J connectivity index is 2.04. The van der Waals surface area contributed by atoms with E-state index in [4.69, 9.17) is 18.9 Å². The Labute approximate surface area is 137 Å². The van der Waals surface area contributed by atoms with Crippen molar-refractivity contribution in [1.29, 1.82) is 0 Å². The Bertz CT molecular complexity index is 724. The lowest BCUT2D eigenvalue weighted by Crippen LogP contribution is -2.22. The average Bonchev–Trinajstić information content (AvgIpc) is 3.23. The van der Waals surface area contributed by atoms with Crippen LogP contribution in [0.5, 0.6) is 5.88 Å². The number of esters is 1. The molecule has 0 amide bonds. The number of thiazole rings is 1. The molecular formula is C15H16N2O5S. The van der Waals surface area contributed by atoms with Crippen LogP contribution >= 0.6 is 11.3 Å². The number of hydrogen-bond acceptors (Lipinski definition) is 8. The van der Waals surface area contributed by atoms with Gasteiger partial charge in [0, 0.05) is 11.4 Å². The molecule has 1 aliphatic rings. The van der Waals surface area contributed by atoms with Crippen molar-refractivity contribution in [3.63, 3.8) is 0 Å². The fourth-order valence-corrected chi connectivity index (χ4v) is 3.12. The third kappa shape index (κ3) is 2.92. The number of carbonyl (C=O) groups is 1. The lowest BCUT2D eigenvalue weighted by molar-refractivity contribution is -0.149. The number of methoxy groups -OCH3 is 2. The molecule has 0 atom stereocenters. The first-order valence-electron chi connectivity index (χ1n) is 6.95. The molecule has 0 radical (unpaired) electrons. The van der Waals surface area contributed by atoms with Crippen molar-refractivity contribution < 1.29 is 23.7 Å². The van der Waals surface area contributed by atoms with Crippen LogP contribution in [0.2, 0.25) is 0 Å². The van der Waals surface area contributed by atoms with Gasteiger partial charge in [-0.25, -0.2) is 14.8 Å². The van der Waals surface area contributed by atoms with Gasteiger partial charge in [0.25, 0.3) is 0 Å². The quantitative estimate of drug-likeness (QED) is 0.792. The molecule has 2 aromatic rings. The molecule has 7 nitrogen and oxygen atoms in total. The molecule has 3 heterocycles. The van der Waals surface area contributed by atoms with Crippen LogP contribution in [0.15, 0.2) is 17.5 Å². The second-order valence-corrected chi connectivity index (χ2v) is 5.78. The van der Waals surface area contributed by atoms with Gasteiger partial charge < -0.3 is 18.9 Å². The van der Waals surface area contributed by atoms with Gasteiger partial charge in [-0.05, 0) is 13.0 Å². The molecule has 0 bridgehead atoms. The first-order chi connectivity index (χ1) is 11.1. The maximum Gasteiger partial charge on any atom is 0.340 e. The molecule has 1 aliphatic heterocycles. The van der Waals surface area contributed by atoms with Crippen molar-refractivity contribution in [2.24, 2.45) is 0 Å². The van der Waals surface area contributed by atoms with Gasteiger partial charge >= 0.3 is 5.97 Å². The molecule has 0 saturated carbocycles. The lowest BCUT2D eigenvalue weighted by atomic mass is 10.1. The number of hydrogen-bond donors (Lipinski definition) is 0. The van der Waals surface area contributed by atoms with Crippen molar-refractivity contribution in [1.82, 2.24) is 9.97 Å². The number of pyridine rings is 1. The van der Waals surface area contributed by atoms with Crippen LogP contribution < -0.4 is 4.74 Å². The third-order valence-electron chi connectivity index (χ3n) is 3.46. The van der Waals surface area contributed by atoms with Gasteiger partial charge in [-0.15, -0.1) is 11.3 Å². The van der Waals surface area contributed by atoms with E-state index < -0.39 is 11.8 Å². The van der Waals surface area contributed by atoms with Gasteiger partial charge in [0.05, 0.1) is 33.0 Å². The van der Waals surface area contributed by atoms with Gasteiger partial charge in [0.2, 0.25) is 11.7 Å². The molecule has 1 fully saturated rings. The first-order valence-corrected chi connectivity index (χ1v) is 7.83. The molecule has 2 aromatic heterocycles. The van der Waals surface area contributed by atoms with E-state index in [1.54, 1.807) is 17.5 Å². The maximum atomic E-state index is 12.0. The molecule has 122 valence electrons. The van der Waals surface area contributed by atoms with Gasteiger partial charge in [0.1, 0.15) is 11.4 Å². The van der Waals surface area contributed by atoms with E-state index in [1.807, 2.05) is 6.92 Å². The number of carbonyl (C=O) groups excluding carboxylic acids is 1. The highest BCUT2D eigenvalue weighted by molar-refractivity contribution is 7.10. The van der Waals surface area contributed by atoms with E-state index in [9.17, 15) is 4.79 Å². The number of nitrogens with zero attached hydrogens (tertiary/aromatic N) is 2. The predicted molar refractivity (Wildman–Crippen MR) is 82.5 cm³/mol. The summed E-state index contributed by atoms with van der Waals surface area (Å²) >= 11 is 1.39. The van der Waals surface area contributed by atoms with Crippen molar-refractivity contribution >= 4 is 17.3 Å².